The second-order valence-electron chi connectivity index (χ2n) is 7.48. The number of ether oxygens (including phenoxy) is 3. The summed E-state index contributed by atoms with van der Waals surface area (Å²) in [5.41, 5.74) is 1.06. The summed E-state index contributed by atoms with van der Waals surface area (Å²) in [5, 5.41) is 3.91. The van der Waals surface area contributed by atoms with Gasteiger partial charge in [-0.3, -0.25) is 4.79 Å². The monoisotopic (exact) mass is 381 g/mol. The SMILES string of the molecule is COc1ccc2c(c1)OC(C)(C)CC2NC(=O)c1cc2cccc(OC)c2o1. The summed E-state index contributed by atoms with van der Waals surface area (Å²) in [6.45, 7) is 4.00. The highest BCUT2D eigenvalue weighted by atomic mass is 16.5. The number of carbonyl (C=O) groups is 1. The summed E-state index contributed by atoms with van der Waals surface area (Å²) in [5.74, 6) is 2.00. The van der Waals surface area contributed by atoms with Gasteiger partial charge in [-0.05, 0) is 38.1 Å². The lowest BCUT2D eigenvalue weighted by molar-refractivity contribution is 0.0609. The van der Waals surface area contributed by atoms with Crippen molar-refractivity contribution in [3.63, 3.8) is 0 Å². The van der Waals surface area contributed by atoms with Crippen molar-refractivity contribution in [2.75, 3.05) is 14.2 Å². The Bertz CT molecular complexity index is 1040. The van der Waals surface area contributed by atoms with Crippen molar-refractivity contribution >= 4 is 16.9 Å². The molecule has 1 amide bonds. The fourth-order valence-corrected chi connectivity index (χ4v) is 3.63. The lowest BCUT2D eigenvalue weighted by Gasteiger charge is -2.37. The van der Waals surface area contributed by atoms with Gasteiger partial charge in [-0.2, -0.15) is 0 Å². The van der Waals surface area contributed by atoms with Crippen molar-refractivity contribution in [2.24, 2.45) is 0 Å². The predicted molar refractivity (Wildman–Crippen MR) is 105 cm³/mol. The van der Waals surface area contributed by atoms with Gasteiger partial charge in [-0.15, -0.1) is 0 Å². The molecule has 1 unspecified atom stereocenters. The molecule has 0 aliphatic carbocycles. The second-order valence-corrected chi connectivity index (χ2v) is 7.48. The van der Waals surface area contributed by atoms with Gasteiger partial charge >= 0.3 is 0 Å². The maximum Gasteiger partial charge on any atom is 0.287 e. The number of nitrogens with one attached hydrogen (secondary N) is 1. The first-order valence-electron chi connectivity index (χ1n) is 9.14. The third-order valence-electron chi connectivity index (χ3n) is 4.94. The van der Waals surface area contributed by atoms with Crippen LogP contribution in [0.1, 0.15) is 42.4 Å². The summed E-state index contributed by atoms with van der Waals surface area (Å²) in [4.78, 5) is 12.9. The lowest BCUT2D eigenvalue weighted by Crippen LogP contribution is -2.41. The smallest absolute Gasteiger partial charge is 0.287 e. The third-order valence-corrected chi connectivity index (χ3v) is 4.94. The van der Waals surface area contributed by atoms with Crippen LogP contribution in [0.2, 0.25) is 0 Å². The van der Waals surface area contributed by atoms with Gasteiger partial charge in [-0.25, -0.2) is 0 Å². The first kappa shape index (κ1) is 18.2. The highest BCUT2D eigenvalue weighted by Gasteiger charge is 2.35. The van der Waals surface area contributed by atoms with Crippen LogP contribution >= 0.6 is 0 Å². The molecular formula is C22H23NO5. The molecule has 1 N–H and O–H groups in total. The summed E-state index contributed by atoms with van der Waals surface area (Å²) >= 11 is 0. The molecule has 28 heavy (non-hydrogen) atoms. The molecule has 0 spiro atoms. The molecule has 6 nitrogen and oxygen atoms in total. The topological polar surface area (TPSA) is 69.9 Å². The zero-order valence-corrected chi connectivity index (χ0v) is 16.4. The van der Waals surface area contributed by atoms with E-state index in [2.05, 4.69) is 5.32 Å². The van der Waals surface area contributed by atoms with Gasteiger partial charge in [0.05, 0.1) is 20.3 Å². The largest absolute Gasteiger partial charge is 0.497 e. The minimum absolute atomic E-state index is 0.202. The number of hydrogen-bond acceptors (Lipinski definition) is 5. The van der Waals surface area contributed by atoms with Crippen LogP contribution in [-0.2, 0) is 0 Å². The summed E-state index contributed by atoms with van der Waals surface area (Å²) in [6, 6.07) is 12.7. The van der Waals surface area contributed by atoms with Crippen LogP contribution in [0, 0.1) is 0 Å². The van der Waals surface area contributed by atoms with Crippen LogP contribution in [0.25, 0.3) is 11.0 Å². The van der Waals surface area contributed by atoms with Crippen LogP contribution in [0.3, 0.4) is 0 Å². The Kier molecular flexibility index (Phi) is 4.41. The quantitative estimate of drug-likeness (QED) is 0.721. The van der Waals surface area contributed by atoms with Crippen molar-refractivity contribution in [1.82, 2.24) is 5.32 Å². The number of rotatable bonds is 4. The van der Waals surface area contributed by atoms with Gasteiger partial charge in [0.1, 0.15) is 17.1 Å². The predicted octanol–water partition coefficient (Wildman–Crippen LogP) is 4.48. The zero-order chi connectivity index (χ0) is 19.9. The minimum Gasteiger partial charge on any atom is -0.497 e. The Balaban J connectivity index is 1.64. The average molecular weight is 381 g/mol. The molecule has 2 aromatic carbocycles. The van der Waals surface area contributed by atoms with Crippen LogP contribution in [0.5, 0.6) is 17.2 Å². The molecule has 6 heteroatoms. The first-order chi connectivity index (χ1) is 13.4. The molecule has 0 fully saturated rings. The van der Waals surface area contributed by atoms with E-state index < -0.39 is 5.60 Å². The highest BCUT2D eigenvalue weighted by Crippen LogP contribution is 2.41. The Hall–Kier alpha value is -3.15. The molecule has 1 aliphatic rings. The third kappa shape index (κ3) is 3.26. The number of hydrogen-bond donors (Lipinski definition) is 1. The number of para-hydroxylation sites is 1. The van der Waals surface area contributed by atoms with Crippen molar-refractivity contribution < 1.29 is 23.4 Å². The van der Waals surface area contributed by atoms with E-state index in [9.17, 15) is 4.79 Å². The van der Waals surface area contributed by atoms with E-state index in [0.29, 0.717) is 29.3 Å². The van der Waals surface area contributed by atoms with Crippen molar-refractivity contribution in [1.29, 1.82) is 0 Å². The normalized spacial score (nSPS) is 17.5. The first-order valence-corrected chi connectivity index (χ1v) is 9.14. The van der Waals surface area contributed by atoms with Gasteiger partial charge in [0, 0.05) is 23.4 Å². The summed E-state index contributed by atoms with van der Waals surface area (Å²) in [7, 11) is 3.19. The van der Waals surface area contributed by atoms with Crippen molar-refractivity contribution in [3.05, 3.63) is 53.8 Å². The molecule has 0 radical (unpaired) electrons. The molecular weight excluding hydrogens is 358 g/mol. The van der Waals surface area contributed by atoms with E-state index in [-0.39, 0.29) is 17.7 Å². The molecule has 1 atom stereocenters. The Morgan fingerprint density at radius 3 is 2.71 bits per heavy atom. The molecule has 146 valence electrons. The standard InChI is InChI=1S/C22H23NO5/c1-22(2)12-16(15-9-8-14(25-3)11-18(15)28-22)23-21(24)19-10-13-6-5-7-17(26-4)20(13)27-19/h5-11,16H,12H2,1-4H3,(H,23,24). The second kappa shape index (κ2) is 6.78. The van der Waals surface area contributed by atoms with E-state index in [0.717, 1.165) is 10.9 Å². The van der Waals surface area contributed by atoms with Crippen LogP contribution in [-0.4, -0.2) is 25.7 Å². The molecule has 0 saturated heterocycles. The van der Waals surface area contributed by atoms with E-state index in [4.69, 9.17) is 18.6 Å². The lowest BCUT2D eigenvalue weighted by atomic mass is 9.89. The van der Waals surface area contributed by atoms with Crippen LogP contribution in [0.15, 0.2) is 46.9 Å². The number of furan rings is 1. The molecule has 2 heterocycles. The van der Waals surface area contributed by atoms with Gasteiger partial charge in [0.25, 0.3) is 5.91 Å². The number of amides is 1. The fraction of sp³-hybridized carbons (Fsp3) is 0.318. The van der Waals surface area contributed by atoms with Gasteiger partial charge in [-0.1, -0.05) is 12.1 Å². The number of methoxy groups -OCH3 is 2. The number of carbonyl (C=O) groups excluding carboxylic acids is 1. The Morgan fingerprint density at radius 1 is 1.14 bits per heavy atom. The van der Waals surface area contributed by atoms with E-state index in [1.807, 2.05) is 44.2 Å². The molecule has 1 aliphatic heterocycles. The molecule has 4 rings (SSSR count). The van der Waals surface area contributed by atoms with Crippen molar-refractivity contribution in [3.8, 4) is 17.2 Å². The number of fused-ring (bicyclic) bond motifs is 2. The number of benzene rings is 2. The van der Waals surface area contributed by atoms with E-state index in [1.54, 1.807) is 26.4 Å². The highest BCUT2D eigenvalue weighted by molar-refractivity contribution is 5.97. The fourth-order valence-electron chi connectivity index (χ4n) is 3.63. The molecule has 0 bridgehead atoms. The maximum atomic E-state index is 12.9. The Morgan fingerprint density at radius 2 is 1.96 bits per heavy atom. The van der Waals surface area contributed by atoms with Gasteiger partial charge in [0.15, 0.2) is 17.1 Å². The van der Waals surface area contributed by atoms with Gasteiger partial charge < -0.3 is 23.9 Å². The zero-order valence-electron chi connectivity index (χ0n) is 16.4. The van der Waals surface area contributed by atoms with Gasteiger partial charge in [0.2, 0.25) is 0 Å². The van der Waals surface area contributed by atoms with Crippen molar-refractivity contribution in [2.45, 2.75) is 31.9 Å². The molecule has 1 aromatic heterocycles. The average Bonchev–Trinajstić information content (AvgIpc) is 3.11. The van der Waals surface area contributed by atoms with E-state index in [1.165, 1.54) is 0 Å². The summed E-state index contributed by atoms with van der Waals surface area (Å²) in [6.07, 6.45) is 0.640. The minimum atomic E-state index is -0.422. The maximum absolute atomic E-state index is 12.9. The Labute approximate surface area is 163 Å². The van der Waals surface area contributed by atoms with Crippen LogP contribution in [0.4, 0.5) is 0 Å². The molecule has 3 aromatic rings. The summed E-state index contributed by atoms with van der Waals surface area (Å²) < 4.78 is 22.5. The van der Waals surface area contributed by atoms with Crippen LogP contribution < -0.4 is 19.5 Å². The van der Waals surface area contributed by atoms with E-state index >= 15 is 0 Å². The molecule has 0 saturated carbocycles.